The third-order valence-corrected chi connectivity index (χ3v) is 5.48. The zero-order valence-electron chi connectivity index (χ0n) is 10.4. The lowest BCUT2D eigenvalue weighted by atomic mass is 9.55. The molecular weight excluding hydrogens is 256 g/mol. The molecule has 0 aromatic carbocycles. The van der Waals surface area contributed by atoms with Gasteiger partial charge in [0.2, 0.25) is 0 Å². The van der Waals surface area contributed by atoms with Gasteiger partial charge in [-0.1, -0.05) is 6.42 Å². The second-order valence-electron chi connectivity index (χ2n) is 5.51. The molecule has 4 unspecified atom stereocenters. The Morgan fingerprint density at radius 2 is 2.28 bits per heavy atom. The molecule has 0 N–H and O–H groups in total. The second kappa shape index (κ2) is 3.86. The molecule has 4 nitrogen and oxygen atoms in total. The zero-order valence-corrected chi connectivity index (χ0v) is 11.2. The first kappa shape index (κ1) is 12.3. The number of fused-ring (bicyclic) bond motifs is 4. The summed E-state index contributed by atoms with van der Waals surface area (Å²) >= 11 is 6.60. The van der Waals surface area contributed by atoms with Crippen molar-refractivity contribution in [3.63, 3.8) is 0 Å². The minimum atomic E-state index is -0.665. The molecule has 3 aliphatic carbocycles. The van der Waals surface area contributed by atoms with E-state index in [1.165, 1.54) is 0 Å². The van der Waals surface area contributed by atoms with Gasteiger partial charge in [-0.2, -0.15) is 0 Å². The van der Waals surface area contributed by atoms with Gasteiger partial charge in [-0.3, -0.25) is 4.79 Å². The summed E-state index contributed by atoms with van der Waals surface area (Å²) in [6, 6.07) is 0. The van der Waals surface area contributed by atoms with Crippen LogP contribution in [0.4, 0.5) is 4.79 Å². The number of rotatable bonds is 2. The predicted molar refractivity (Wildman–Crippen MR) is 64.5 cm³/mol. The van der Waals surface area contributed by atoms with Crippen molar-refractivity contribution in [2.75, 3.05) is 6.61 Å². The fourth-order valence-electron chi connectivity index (χ4n) is 4.30. The van der Waals surface area contributed by atoms with Crippen LogP contribution in [0.25, 0.3) is 0 Å². The average Bonchev–Trinajstić information content (AvgIpc) is 2.78. The summed E-state index contributed by atoms with van der Waals surface area (Å²) in [6.45, 7) is 2.02. The SMILES string of the molecule is CCOC(=O)OC12CCC(=O)C1C1(Cl)CCCC12. The molecule has 3 saturated carbocycles. The van der Waals surface area contributed by atoms with Crippen LogP contribution in [0.3, 0.4) is 0 Å². The van der Waals surface area contributed by atoms with E-state index in [2.05, 4.69) is 0 Å². The molecule has 0 spiro atoms. The molecule has 100 valence electrons. The fourth-order valence-corrected chi connectivity index (χ4v) is 5.04. The van der Waals surface area contributed by atoms with Gasteiger partial charge in [-0.15, -0.1) is 11.6 Å². The van der Waals surface area contributed by atoms with Crippen LogP contribution in [0.15, 0.2) is 0 Å². The van der Waals surface area contributed by atoms with E-state index in [4.69, 9.17) is 21.1 Å². The number of Topliss-reactive ketones (excluding diaryl/α,β-unsaturated/α-hetero) is 1. The van der Waals surface area contributed by atoms with Gasteiger partial charge in [0.05, 0.1) is 17.4 Å². The van der Waals surface area contributed by atoms with Crippen molar-refractivity contribution < 1.29 is 19.1 Å². The number of halogens is 1. The van der Waals surface area contributed by atoms with Gasteiger partial charge >= 0.3 is 6.16 Å². The van der Waals surface area contributed by atoms with Crippen LogP contribution in [0.2, 0.25) is 0 Å². The van der Waals surface area contributed by atoms with Crippen molar-refractivity contribution in [1.82, 2.24) is 0 Å². The Balaban J connectivity index is 1.86. The highest BCUT2D eigenvalue weighted by Crippen LogP contribution is 2.70. The first-order chi connectivity index (χ1) is 8.54. The summed E-state index contributed by atoms with van der Waals surface area (Å²) in [6.07, 6.45) is 3.20. The Morgan fingerprint density at radius 3 is 3.00 bits per heavy atom. The molecule has 0 saturated heterocycles. The van der Waals surface area contributed by atoms with Crippen molar-refractivity contribution in [3.05, 3.63) is 0 Å². The molecule has 0 aliphatic heterocycles. The third kappa shape index (κ3) is 1.33. The highest BCUT2D eigenvalue weighted by atomic mass is 35.5. The van der Waals surface area contributed by atoms with Gasteiger partial charge in [0, 0.05) is 12.3 Å². The van der Waals surface area contributed by atoms with Gasteiger partial charge in [-0.25, -0.2) is 4.79 Å². The standard InChI is InChI=1S/C13H17ClO4/c1-2-17-11(16)18-13-7-5-8(15)10(13)12(14)6-3-4-9(12)13/h9-10H,2-7H2,1H3. The van der Waals surface area contributed by atoms with Crippen LogP contribution in [0, 0.1) is 11.8 Å². The highest BCUT2D eigenvalue weighted by molar-refractivity contribution is 6.27. The molecule has 0 radical (unpaired) electrons. The number of hydrogen-bond acceptors (Lipinski definition) is 4. The molecule has 3 fully saturated rings. The molecule has 18 heavy (non-hydrogen) atoms. The van der Waals surface area contributed by atoms with E-state index in [0.29, 0.717) is 12.8 Å². The quantitative estimate of drug-likeness (QED) is 0.573. The van der Waals surface area contributed by atoms with Gasteiger partial charge in [0.25, 0.3) is 0 Å². The normalized spacial score (nSPS) is 45.1. The number of carbonyl (C=O) groups excluding carboxylic acids is 2. The monoisotopic (exact) mass is 272 g/mol. The van der Waals surface area contributed by atoms with E-state index in [9.17, 15) is 9.59 Å². The first-order valence-electron chi connectivity index (χ1n) is 6.62. The van der Waals surface area contributed by atoms with Crippen molar-refractivity contribution >= 4 is 23.5 Å². The maximum atomic E-state index is 12.0. The number of carbonyl (C=O) groups is 2. The molecule has 0 heterocycles. The summed E-state index contributed by atoms with van der Waals surface area (Å²) in [5.41, 5.74) is -0.665. The summed E-state index contributed by atoms with van der Waals surface area (Å²) in [5.74, 6) is -0.0523. The molecule has 3 aliphatic rings. The Hall–Kier alpha value is -0.770. The van der Waals surface area contributed by atoms with E-state index < -0.39 is 16.6 Å². The maximum Gasteiger partial charge on any atom is 0.508 e. The van der Waals surface area contributed by atoms with Crippen molar-refractivity contribution in [3.8, 4) is 0 Å². The fraction of sp³-hybridized carbons (Fsp3) is 0.846. The summed E-state index contributed by atoms with van der Waals surface area (Å²) in [7, 11) is 0. The molecule has 4 atom stereocenters. The number of ether oxygens (including phenoxy) is 2. The van der Waals surface area contributed by atoms with E-state index in [0.717, 1.165) is 19.3 Å². The van der Waals surface area contributed by atoms with E-state index in [-0.39, 0.29) is 24.2 Å². The molecule has 5 heteroatoms. The van der Waals surface area contributed by atoms with Gasteiger partial charge in [0.1, 0.15) is 11.4 Å². The second-order valence-corrected chi connectivity index (χ2v) is 6.21. The lowest BCUT2D eigenvalue weighted by molar-refractivity contribution is -0.173. The Kier molecular flexibility index (Phi) is 2.63. The molecular formula is C13H17ClO4. The first-order valence-corrected chi connectivity index (χ1v) is 7.00. The molecule has 0 bridgehead atoms. The molecule has 0 amide bonds. The smallest absolute Gasteiger partial charge is 0.435 e. The molecule has 0 aromatic rings. The van der Waals surface area contributed by atoms with Gasteiger partial charge in [0.15, 0.2) is 0 Å². The lowest BCUT2D eigenvalue weighted by Crippen LogP contribution is -2.69. The number of ketones is 1. The van der Waals surface area contributed by atoms with Crippen molar-refractivity contribution in [2.45, 2.75) is 49.5 Å². The zero-order chi connectivity index (χ0) is 13.0. The van der Waals surface area contributed by atoms with Crippen LogP contribution < -0.4 is 0 Å². The minimum Gasteiger partial charge on any atom is -0.435 e. The Bertz CT molecular complexity index is 410. The third-order valence-electron chi connectivity index (χ3n) is 4.81. The number of alkyl halides is 1. The van der Waals surface area contributed by atoms with Crippen LogP contribution in [0.5, 0.6) is 0 Å². The van der Waals surface area contributed by atoms with Gasteiger partial charge < -0.3 is 9.47 Å². The minimum absolute atomic E-state index is 0.118. The highest BCUT2D eigenvalue weighted by Gasteiger charge is 2.78. The van der Waals surface area contributed by atoms with Crippen LogP contribution in [-0.4, -0.2) is 29.0 Å². The summed E-state index contributed by atoms with van der Waals surface area (Å²) in [4.78, 5) is 23.1. The van der Waals surface area contributed by atoms with Crippen LogP contribution >= 0.6 is 11.6 Å². The molecule has 0 aromatic heterocycles. The number of hydrogen-bond donors (Lipinski definition) is 0. The van der Waals surface area contributed by atoms with Gasteiger partial charge in [-0.05, 0) is 26.2 Å². The van der Waals surface area contributed by atoms with E-state index >= 15 is 0 Å². The summed E-state index contributed by atoms with van der Waals surface area (Å²) < 4.78 is 10.4. The van der Waals surface area contributed by atoms with Crippen molar-refractivity contribution in [1.29, 1.82) is 0 Å². The Labute approximate surface area is 111 Å². The Morgan fingerprint density at radius 1 is 1.50 bits per heavy atom. The van der Waals surface area contributed by atoms with Crippen LogP contribution in [-0.2, 0) is 14.3 Å². The molecule has 3 rings (SSSR count). The largest absolute Gasteiger partial charge is 0.508 e. The lowest BCUT2D eigenvalue weighted by Gasteiger charge is -2.58. The van der Waals surface area contributed by atoms with E-state index in [1.54, 1.807) is 6.92 Å². The van der Waals surface area contributed by atoms with Crippen LogP contribution in [0.1, 0.15) is 39.0 Å². The maximum absolute atomic E-state index is 12.0. The average molecular weight is 273 g/mol. The van der Waals surface area contributed by atoms with Crippen molar-refractivity contribution in [2.24, 2.45) is 11.8 Å². The topological polar surface area (TPSA) is 52.6 Å². The summed E-state index contributed by atoms with van der Waals surface area (Å²) in [5, 5.41) is 0. The van der Waals surface area contributed by atoms with E-state index in [1.807, 2.05) is 0 Å². The predicted octanol–water partition coefficient (Wildman–Crippen LogP) is 2.67.